The average Bonchev–Trinajstić information content (AvgIpc) is 3.22. The number of oxazole rings is 1. The highest BCUT2D eigenvalue weighted by Crippen LogP contribution is 2.21. The number of aromatic nitrogens is 2. The molecule has 0 atom stereocenters. The second-order valence-electron chi connectivity index (χ2n) is 5.56. The third kappa shape index (κ3) is 2.62. The van der Waals surface area contributed by atoms with Crippen molar-refractivity contribution in [3.63, 3.8) is 0 Å². The van der Waals surface area contributed by atoms with Crippen molar-refractivity contribution in [3.8, 4) is 0 Å². The first kappa shape index (κ1) is 13.1. The molecule has 0 saturated carbocycles. The Bertz CT molecular complexity index is 744. The van der Waals surface area contributed by atoms with E-state index in [4.69, 9.17) is 4.42 Å². The number of hydrogen-bond acceptors (Lipinski definition) is 5. The number of rotatable bonds is 4. The Kier molecular flexibility index (Phi) is 3.39. The highest BCUT2D eigenvalue weighted by Gasteiger charge is 2.13. The molecule has 0 amide bonds. The van der Waals surface area contributed by atoms with E-state index in [2.05, 4.69) is 26.3 Å². The van der Waals surface area contributed by atoms with Crippen molar-refractivity contribution in [2.24, 2.45) is 0 Å². The molecular weight excluding hydrogens is 276 g/mol. The van der Waals surface area contributed by atoms with E-state index < -0.39 is 0 Å². The summed E-state index contributed by atoms with van der Waals surface area (Å²) in [5, 5.41) is 3.24. The minimum Gasteiger partial charge on any atom is -0.424 e. The number of benzene rings is 1. The lowest BCUT2D eigenvalue weighted by Crippen LogP contribution is -2.19. The zero-order valence-corrected chi connectivity index (χ0v) is 12.3. The van der Waals surface area contributed by atoms with E-state index >= 15 is 0 Å². The van der Waals surface area contributed by atoms with Crippen LogP contribution in [0.25, 0.3) is 11.1 Å². The monoisotopic (exact) mass is 294 g/mol. The maximum absolute atomic E-state index is 5.67. The second-order valence-corrected chi connectivity index (χ2v) is 5.56. The molecule has 5 heteroatoms. The van der Waals surface area contributed by atoms with Gasteiger partial charge in [0.15, 0.2) is 5.58 Å². The fourth-order valence-corrected chi connectivity index (χ4v) is 2.82. The molecule has 112 valence electrons. The van der Waals surface area contributed by atoms with Crippen LogP contribution in [0.4, 0.5) is 11.8 Å². The molecular formula is C17H18N4O. The summed E-state index contributed by atoms with van der Waals surface area (Å²) in [5.74, 6) is 1.06. The normalized spacial score (nSPS) is 14.6. The van der Waals surface area contributed by atoms with E-state index in [-0.39, 0.29) is 0 Å². The molecule has 1 N–H and O–H groups in total. The van der Waals surface area contributed by atoms with Crippen LogP contribution in [0.2, 0.25) is 0 Å². The van der Waals surface area contributed by atoms with Gasteiger partial charge in [-0.05, 0) is 42.7 Å². The van der Waals surface area contributed by atoms with Gasteiger partial charge in [-0.1, -0.05) is 12.1 Å². The summed E-state index contributed by atoms with van der Waals surface area (Å²) >= 11 is 0. The van der Waals surface area contributed by atoms with E-state index in [0.29, 0.717) is 12.6 Å². The Morgan fingerprint density at radius 3 is 2.86 bits per heavy atom. The Balaban J connectivity index is 1.47. The van der Waals surface area contributed by atoms with Gasteiger partial charge in [-0.25, -0.2) is 4.98 Å². The molecule has 1 aliphatic rings. The van der Waals surface area contributed by atoms with Crippen LogP contribution in [0, 0.1) is 0 Å². The SMILES string of the molecule is c1ccc2oc(NCc3ccnc(N4CCCC4)c3)nc2c1. The van der Waals surface area contributed by atoms with Gasteiger partial charge in [-0.2, -0.15) is 4.98 Å². The molecule has 0 spiro atoms. The van der Waals surface area contributed by atoms with Gasteiger partial charge in [-0.3, -0.25) is 0 Å². The van der Waals surface area contributed by atoms with Crippen LogP contribution in [-0.4, -0.2) is 23.1 Å². The standard InChI is InChI=1S/C17H18N4O/c1-2-6-15-14(5-1)20-17(22-15)19-12-13-7-8-18-16(11-13)21-9-3-4-10-21/h1-2,5-8,11H,3-4,9-10,12H2,(H,19,20). The quantitative estimate of drug-likeness (QED) is 0.799. The largest absolute Gasteiger partial charge is 0.424 e. The minimum atomic E-state index is 0.556. The number of pyridine rings is 1. The lowest BCUT2D eigenvalue weighted by Gasteiger charge is -2.16. The highest BCUT2D eigenvalue weighted by atomic mass is 16.4. The van der Waals surface area contributed by atoms with E-state index in [1.54, 1.807) is 0 Å². The van der Waals surface area contributed by atoms with E-state index in [0.717, 1.165) is 30.0 Å². The molecule has 1 aliphatic heterocycles. The molecule has 3 aromatic rings. The second kappa shape index (κ2) is 5.67. The van der Waals surface area contributed by atoms with E-state index in [1.165, 1.54) is 18.4 Å². The summed E-state index contributed by atoms with van der Waals surface area (Å²) in [6.07, 6.45) is 4.39. The number of anilines is 2. The van der Waals surface area contributed by atoms with E-state index in [9.17, 15) is 0 Å². The number of nitrogens with zero attached hydrogens (tertiary/aromatic N) is 3. The predicted octanol–water partition coefficient (Wildman–Crippen LogP) is 3.44. The lowest BCUT2D eigenvalue weighted by atomic mass is 10.2. The van der Waals surface area contributed by atoms with Gasteiger partial charge < -0.3 is 14.6 Å². The van der Waals surface area contributed by atoms with Crippen molar-refractivity contribution in [2.75, 3.05) is 23.3 Å². The number of nitrogens with one attached hydrogen (secondary N) is 1. The van der Waals surface area contributed by atoms with Crippen molar-refractivity contribution < 1.29 is 4.42 Å². The molecule has 2 aromatic heterocycles. The van der Waals surface area contributed by atoms with Crippen molar-refractivity contribution in [3.05, 3.63) is 48.2 Å². The zero-order valence-electron chi connectivity index (χ0n) is 12.3. The van der Waals surface area contributed by atoms with Crippen molar-refractivity contribution >= 4 is 22.9 Å². The fraction of sp³-hybridized carbons (Fsp3) is 0.294. The van der Waals surface area contributed by atoms with Gasteiger partial charge >= 0.3 is 0 Å². The van der Waals surface area contributed by atoms with Gasteiger partial charge in [0.05, 0.1) is 0 Å². The Hall–Kier alpha value is -2.56. The average molecular weight is 294 g/mol. The maximum atomic E-state index is 5.67. The van der Waals surface area contributed by atoms with Crippen LogP contribution in [0.15, 0.2) is 47.0 Å². The third-order valence-electron chi connectivity index (χ3n) is 3.98. The molecule has 3 heterocycles. The minimum absolute atomic E-state index is 0.556. The lowest BCUT2D eigenvalue weighted by molar-refractivity contribution is 0.614. The Labute approximate surface area is 129 Å². The van der Waals surface area contributed by atoms with Crippen LogP contribution >= 0.6 is 0 Å². The number of hydrogen-bond donors (Lipinski definition) is 1. The summed E-state index contributed by atoms with van der Waals surface area (Å²) < 4.78 is 5.67. The zero-order chi connectivity index (χ0) is 14.8. The topological polar surface area (TPSA) is 54.2 Å². The van der Waals surface area contributed by atoms with Crippen LogP contribution in [-0.2, 0) is 6.54 Å². The van der Waals surface area contributed by atoms with Crippen LogP contribution in [0.3, 0.4) is 0 Å². The summed E-state index contributed by atoms with van der Waals surface area (Å²) in [6, 6.07) is 12.5. The molecule has 0 unspecified atom stereocenters. The van der Waals surface area contributed by atoms with Crippen molar-refractivity contribution in [1.29, 1.82) is 0 Å². The Morgan fingerprint density at radius 2 is 2.00 bits per heavy atom. The number of para-hydroxylation sites is 2. The van der Waals surface area contributed by atoms with Crippen LogP contribution in [0.1, 0.15) is 18.4 Å². The molecule has 22 heavy (non-hydrogen) atoms. The molecule has 0 radical (unpaired) electrons. The molecule has 5 nitrogen and oxygen atoms in total. The predicted molar refractivity (Wildman–Crippen MR) is 87.0 cm³/mol. The third-order valence-corrected chi connectivity index (χ3v) is 3.98. The molecule has 1 fully saturated rings. The maximum Gasteiger partial charge on any atom is 0.295 e. The van der Waals surface area contributed by atoms with Crippen LogP contribution in [0.5, 0.6) is 0 Å². The molecule has 1 aromatic carbocycles. The van der Waals surface area contributed by atoms with Gasteiger partial charge in [0.2, 0.25) is 0 Å². The smallest absolute Gasteiger partial charge is 0.295 e. The van der Waals surface area contributed by atoms with Gasteiger partial charge in [0.1, 0.15) is 11.3 Å². The molecule has 4 rings (SSSR count). The first-order valence-corrected chi connectivity index (χ1v) is 7.68. The van der Waals surface area contributed by atoms with Crippen molar-refractivity contribution in [2.45, 2.75) is 19.4 Å². The number of fused-ring (bicyclic) bond motifs is 1. The fourth-order valence-electron chi connectivity index (χ4n) is 2.82. The summed E-state index contributed by atoms with van der Waals surface area (Å²) in [7, 11) is 0. The highest BCUT2D eigenvalue weighted by molar-refractivity contribution is 5.74. The molecule has 1 saturated heterocycles. The van der Waals surface area contributed by atoms with Crippen LogP contribution < -0.4 is 10.2 Å². The van der Waals surface area contributed by atoms with Gasteiger partial charge in [-0.15, -0.1) is 0 Å². The first-order chi connectivity index (χ1) is 10.9. The molecule has 0 aliphatic carbocycles. The van der Waals surface area contributed by atoms with Gasteiger partial charge in [0, 0.05) is 25.8 Å². The summed E-state index contributed by atoms with van der Waals surface area (Å²) in [6.45, 7) is 2.89. The first-order valence-electron chi connectivity index (χ1n) is 7.68. The van der Waals surface area contributed by atoms with Crippen molar-refractivity contribution in [1.82, 2.24) is 9.97 Å². The van der Waals surface area contributed by atoms with Gasteiger partial charge in [0.25, 0.3) is 6.01 Å². The summed E-state index contributed by atoms with van der Waals surface area (Å²) in [4.78, 5) is 11.2. The summed E-state index contributed by atoms with van der Waals surface area (Å²) in [5.41, 5.74) is 2.86. The molecule has 0 bridgehead atoms. The van der Waals surface area contributed by atoms with E-state index in [1.807, 2.05) is 36.5 Å². The Morgan fingerprint density at radius 1 is 1.14 bits per heavy atom.